The minimum Gasteiger partial charge on any atom is -0.475 e. The Bertz CT molecular complexity index is 932. The fraction of sp³-hybridized carbons (Fsp3) is 0.286. The minimum absolute atomic E-state index is 0.0224. The number of hydrogen-bond donors (Lipinski definition) is 5. The number of amides is 2. The van der Waals surface area contributed by atoms with Crippen molar-refractivity contribution in [2.75, 3.05) is 18.0 Å². The standard InChI is InChI=1S/C19H24N4O2.C2HF3O2/c20-15-9-7-13(8-10-15)4-1-2-11-23-19(25)16-6-3-5-14(18(16)22)12-17(21)24;3-2(4,5)1(6)7/h3,5-10H,1-2,4,11-12,20,22H2,(H2,21,24)(H,23,25);(H,6,7). The van der Waals surface area contributed by atoms with Crippen molar-refractivity contribution in [2.45, 2.75) is 31.9 Å². The highest BCUT2D eigenvalue weighted by molar-refractivity contribution is 6.00. The summed E-state index contributed by atoms with van der Waals surface area (Å²) in [5.74, 6) is -3.48. The second-order valence-corrected chi connectivity index (χ2v) is 6.78. The number of hydrogen-bond acceptors (Lipinski definition) is 5. The topological polar surface area (TPSA) is 162 Å². The number of aliphatic carboxylic acids is 1. The molecule has 0 saturated heterocycles. The van der Waals surface area contributed by atoms with Crippen LogP contribution in [-0.4, -0.2) is 35.6 Å². The monoisotopic (exact) mass is 454 g/mol. The Kier molecular flexibility index (Phi) is 10.0. The maximum Gasteiger partial charge on any atom is 0.490 e. The van der Waals surface area contributed by atoms with E-state index < -0.39 is 18.1 Å². The molecule has 8 N–H and O–H groups in total. The first kappa shape index (κ1) is 26.3. The number of aryl methyl sites for hydroxylation is 1. The van der Waals surface area contributed by atoms with Gasteiger partial charge in [-0.15, -0.1) is 0 Å². The molecule has 0 heterocycles. The Balaban J connectivity index is 0.000000633. The van der Waals surface area contributed by atoms with Gasteiger partial charge in [0.1, 0.15) is 0 Å². The van der Waals surface area contributed by atoms with Crippen LogP contribution >= 0.6 is 0 Å². The maximum absolute atomic E-state index is 12.3. The van der Waals surface area contributed by atoms with E-state index in [-0.39, 0.29) is 12.3 Å². The number of benzene rings is 2. The highest BCUT2D eigenvalue weighted by Crippen LogP contribution is 2.18. The van der Waals surface area contributed by atoms with Crippen molar-refractivity contribution < 1.29 is 32.7 Å². The fourth-order valence-electron chi connectivity index (χ4n) is 2.59. The average molecular weight is 454 g/mol. The molecule has 0 unspecified atom stereocenters. The molecule has 0 saturated carbocycles. The zero-order valence-corrected chi connectivity index (χ0v) is 17.1. The summed E-state index contributed by atoms with van der Waals surface area (Å²) in [6, 6.07) is 12.8. The predicted molar refractivity (Wildman–Crippen MR) is 114 cm³/mol. The number of alkyl halides is 3. The van der Waals surface area contributed by atoms with Gasteiger partial charge in [-0.3, -0.25) is 9.59 Å². The molecule has 0 radical (unpaired) electrons. The molecule has 2 amide bonds. The lowest BCUT2D eigenvalue weighted by Crippen LogP contribution is -2.26. The van der Waals surface area contributed by atoms with Gasteiger partial charge in [-0.1, -0.05) is 24.3 Å². The van der Waals surface area contributed by atoms with E-state index in [4.69, 9.17) is 27.1 Å². The molecule has 0 bridgehead atoms. The molecule has 0 aliphatic carbocycles. The summed E-state index contributed by atoms with van der Waals surface area (Å²) in [5, 5.41) is 9.99. The molecule has 0 fully saturated rings. The van der Waals surface area contributed by atoms with E-state index in [9.17, 15) is 22.8 Å². The van der Waals surface area contributed by atoms with Gasteiger partial charge in [-0.25, -0.2) is 4.79 Å². The first-order chi connectivity index (χ1) is 14.9. The number of nitrogen functional groups attached to an aromatic ring is 2. The van der Waals surface area contributed by atoms with Crippen LogP contribution in [0, 0.1) is 0 Å². The number of carboxylic acid groups (broad SMARTS) is 1. The van der Waals surface area contributed by atoms with Gasteiger partial charge in [-0.2, -0.15) is 13.2 Å². The molecule has 0 atom stereocenters. The molecule has 174 valence electrons. The largest absolute Gasteiger partial charge is 0.490 e. The molecule has 2 aromatic rings. The van der Waals surface area contributed by atoms with Crippen molar-refractivity contribution in [3.8, 4) is 0 Å². The summed E-state index contributed by atoms with van der Waals surface area (Å²) < 4.78 is 31.7. The summed E-state index contributed by atoms with van der Waals surface area (Å²) in [4.78, 5) is 32.2. The molecular weight excluding hydrogens is 429 g/mol. The lowest BCUT2D eigenvalue weighted by atomic mass is 10.0. The number of halogens is 3. The molecule has 8 nitrogen and oxygen atoms in total. The van der Waals surface area contributed by atoms with Gasteiger partial charge in [0.2, 0.25) is 5.91 Å². The Labute approximate surface area is 182 Å². The van der Waals surface area contributed by atoms with Crippen LogP contribution in [0.15, 0.2) is 42.5 Å². The number of carbonyl (C=O) groups excluding carboxylic acids is 2. The molecule has 32 heavy (non-hydrogen) atoms. The van der Waals surface area contributed by atoms with Crippen LogP contribution in [0.5, 0.6) is 0 Å². The highest BCUT2D eigenvalue weighted by atomic mass is 19.4. The zero-order valence-electron chi connectivity index (χ0n) is 17.1. The Hall–Kier alpha value is -3.76. The number of unbranched alkanes of at least 4 members (excludes halogenated alkanes) is 1. The van der Waals surface area contributed by atoms with E-state index in [1.807, 2.05) is 24.3 Å². The number of nitrogens with two attached hydrogens (primary N) is 3. The second kappa shape index (κ2) is 12.2. The molecule has 0 spiro atoms. The van der Waals surface area contributed by atoms with Crippen molar-refractivity contribution in [2.24, 2.45) is 5.73 Å². The van der Waals surface area contributed by atoms with Crippen LogP contribution in [-0.2, 0) is 22.4 Å². The van der Waals surface area contributed by atoms with Crippen LogP contribution < -0.4 is 22.5 Å². The lowest BCUT2D eigenvalue weighted by molar-refractivity contribution is -0.192. The first-order valence-corrected chi connectivity index (χ1v) is 9.50. The van der Waals surface area contributed by atoms with Gasteiger partial charge in [0, 0.05) is 17.9 Å². The Morgan fingerprint density at radius 1 is 0.969 bits per heavy atom. The number of para-hydroxylation sites is 1. The van der Waals surface area contributed by atoms with E-state index in [1.54, 1.807) is 18.2 Å². The van der Waals surface area contributed by atoms with E-state index in [0.29, 0.717) is 23.4 Å². The molecular formula is C21H25F3N4O4. The third kappa shape index (κ3) is 9.37. The number of carboxylic acids is 1. The van der Waals surface area contributed by atoms with Crippen LogP contribution in [0.2, 0.25) is 0 Å². The molecule has 11 heteroatoms. The van der Waals surface area contributed by atoms with Crippen LogP contribution in [0.1, 0.15) is 34.3 Å². The summed E-state index contributed by atoms with van der Waals surface area (Å²) in [6.07, 6.45) is -2.31. The minimum atomic E-state index is -5.08. The smallest absolute Gasteiger partial charge is 0.475 e. The summed E-state index contributed by atoms with van der Waals surface area (Å²) >= 11 is 0. The summed E-state index contributed by atoms with van der Waals surface area (Å²) in [5.41, 5.74) is 20.1. The van der Waals surface area contributed by atoms with Crippen LogP contribution in [0.25, 0.3) is 0 Å². The zero-order chi connectivity index (χ0) is 24.3. The number of carbonyl (C=O) groups is 3. The van der Waals surface area contributed by atoms with Gasteiger partial charge in [0.15, 0.2) is 0 Å². The van der Waals surface area contributed by atoms with E-state index in [0.717, 1.165) is 24.9 Å². The Morgan fingerprint density at radius 3 is 2.09 bits per heavy atom. The third-order valence-electron chi connectivity index (χ3n) is 4.21. The summed E-state index contributed by atoms with van der Waals surface area (Å²) in [6.45, 7) is 0.563. The number of primary amides is 1. The van der Waals surface area contributed by atoms with E-state index in [2.05, 4.69) is 5.32 Å². The van der Waals surface area contributed by atoms with Gasteiger partial charge in [0.25, 0.3) is 5.91 Å². The lowest BCUT2D eigenvalue weighted by Gasteiger charge is -2.10. The molecule has 0 aliphatic rings. The highest BCUT2D eigenvalue weighted by Gasteiger charge is 2.38. The van der Waals surface area contributed by atoms with Gasteiger partial charge in [-0.05, 0) is 48.6 Å². The normalized spacial score (nSPS) is 10.6. The molecule has 0 aromatic heterocycles. The molecule has 2 rings (SSSR count). The van der Waals surface area contributed by atoms with E-state index >= 15 is 0 Å². The van der Waals surface area contributed by atoms with E-state index in [1.165, 1.54) is 5.56 Å². The van der Waals surface area contributed by atoms with Gasteiger partial charge >= 0.3 is 12.1 Å². The van der Waals surface area contributed by atoms with Gasteiger partial charge < -0.3 is 27.6 Å². The predicted octanol–water partition coefficient (Wildman–Crippen LogP) is 2.26. The van der Waals surface area contributed by atoms with Gasteiger partial charge in [0.05, 0.1) is 12.0 Å². The third-order valence-corrected chi connectivity index (χ3v) is 4.21. The van der Waals surface area contributed by atoms with Crippen LogP contribution in [0.3, 0.4) is 0 Å². The maximum atomic E-state index is 12.3. The fourth-order valence-corrected chi connectivity index (χ4v) is 2.59. The van der Waals surface area contributed by atoms with Crippen molar-refractivity contribution >= 4 is 29.2 Å². The van der Waals surface area contributed by atoms with Crippen molar-refractivity contribution in [1.29, 1.82) is 0 Å². The number of anilines is 2. The summed E-state index contributed by atoms with van der Waals surface area (Å²) in [7, 11) is 0. The molecule has 2 aromatic carbocycles. The van der Waals surface area contributed by atoms with Crippen molar-refractivity contribution in [3.05, 3.63) is 59.2 Å². The Morgan fingerprint density at radius 2 is 1.56 bits per heavy atom. The van der Waals surface area contributed by atoms with Crippen LogP contribution in [0.4, 0.5) is 24.5 Å². The second-order valence-electron chi connectivity index (χ2n) is 6.78. The first-order valence-electron chi connectivity index (χ1n) is 9.50. The average Bonchev–Trinajstić information content (AvgIpc) is 2.70. The van der Waals surface area contributed by atoms with Crippen molar-refractivity contribution in [3.63, 3.8) is 0 Å². The van der Waals surface area contributed by atoms with Crippen molar-refractivity contribution in [1.82, 2.24) is 5.32 Å². The number of nitrogens with one attached hydrogen (secondary N) is 1. The number of rotatable bonds is 8. The molecule has 0 aliphatic heterocycles. The quantitative estimate of drug-likeness (QED) is 0.304. The SMILES string of the molecule is NC(=O)Cc1cccc(C(=O)NCCCCc2ccc(N)cc2)c1N.O=C(O)C(F)(F)F.